The summed E-state index contributed by atoms with van der Waals surface area (Å²) >= 11 is 0. The fraction of sp³-hybridized carbons (Fsp3) is 0.0588. The number of nitrogen functional groups attached to an aromatic ring is 1. The summed E-state index contributed by atoms with van der Waals surface area (Å²) in [7, 11) is 0. The summed E-state index contributed by atoms with van der Waals surface area (Å²) in [5.74, 6) is 0.226. The van der Waals surface area contributed by atoms with E-state index in [9.17, 15) is 0 Å². The van der Waals surface area contributed by atoms with E-state index in [1.165, 1.54) is 5.56 Å². The van der Waals surface area contributed by atoms with E-state index in [-0.39, 0.29) is 5.95 Å². The Morgan fingerprint density at radius 1 is 1.00 bits per heavy atom. The van der Waals surface area contributed by atoms with Crippen LogP contribution in [0.15, 0.2) is 54.9 Å². The maximum absolute atomic E-state index is 5.75. The van der Waals surface area contributed by atoms with E-state index in [2.05, 4.69) is 34.1 Å². The van der Waals surface area contributed by atoms with Crippen molar-refractivity contribution in [3.63, 3.8) is 0 Å². The normalized spacial score (nSPS) is 11.0. The van der Waals surface area contributed by atoms with Gasteiger partial charge in [0.2, 0.25) is 5.95 Å². The second-order valence-electron chi connectivity index (χ2n) is 5.27. The highest BCUT2D eigenvalue weighted by atomic mass is 15.3. The third-order valence-corrected chi connectivity index (χ3v) is 3.60. The molecule has 6 nitrogen and oxygen atoms in total. The predicted octanol–water partition coefficient (Wildman–Crippen LogP) is 2.74. The molecule has 3 aromatic heterocycles. The number of hydrogen-bond acceptors (Lipinski definition) is 5. The molecule has 0 amide bonds. The number of nitrogens with zero attached hydrogens (tertiary/aromatic N) is 5. The molecule has 0 aliphatic heterocycles. The zero-order chi connectivity index (χ0) is 15.8. The molecule has 4 aromatic rings. The molecule has 0 bridgehead atoms. The Labute approximate surface area is 132 Å². The molecule has 0 spiro atoms. The van der Waals surface area contributed by atoms with E-state index in [0.29, 0.717) is 5.69 Å². The van der Waals surface area contributed by atoms with Crippen molar-refractivity contribution in [1.82, 2.24) is 24.6 Å². The Morgan fingerprint density at radius 2 is 1.91 bits per heavy atom. The number of fused-ring (bicyclic) bond motifs is 1. The number of aromatic nitrogens is 5. The standard InChI is InChI=1S/C17H14N6/c1-11-4-2-5-12(10-11)15-16(13-7-9-19-17(18)21-13)23-14(22-15)6-3-8-20-23/h2-10H,1H3,(H2,18,19,21). The number of imidazole rings is 1. The van der Waals surface area contributed by atoms with Crippen molar-refractivity contribution in [2.75, 3.05) is 5.73 Å². The van der Waals surface area contributed by atoms with Crippen molar-refractivity contribution in [2.24, 2.45) is 0 Å². The molecule has 0 saturated carbocycles. The average Bonchev–Trinajstić information content (AvgIpc) is 2.94. The fourth-order valence-corrected chi connectivity index (χ4v) is 2.62. The Hall–Kier alpha value is -3.28. The highest BCUT2D eigenvalue weighted by Crippen LogP contribution is 2.31. The molecule has 0 aliphatic rings. The Morgan fingerprint density at radius 3 is 2.74 bits per heavy atom. The van der Waals surface area contributed by atoms with Crippen LogP contribution in [0.4, 0.5) is 5.95 Å². The molecule has 0 saturated heterocycles. The van der Waals surface area contributed by atoms with Crippen molar-refractivity contribution in [1.29, 1.82) is 0 Å². The molecule has 112 valence electrons. The van der Waals surface area contributed by atoms with Crippen LogP contribution in [0, 0.1) is 6.92 Å². The van der Waals surface area contributed by atoms with Gasteiger partial charge < -0.3 is 5.73 Å². The molecular weight excluding hydrogens is 288 g/mol. The first-order valence-electron chi connectivity index (χ1n) is 7.22. The molecule has 0 radical (unpaired) electrons. The van der Waals surface area contributed by atoms with Crippen LogP contribution in [0.1, 0.15) is 5.56 Å². The van der Waals surface area contributed by atoms with Crippen LogP contribution >= 0.6 is 0 Å². The van der Waals surface area contributed by atoms with Gasteiger partial charge in [0.15, 0.2) is 5.65 Å². The van der Waals surface area contributed by atoms with Gasteiger partial charge in [0.25, 0.3) is 0 Å². The minimum Gasteiger partial charge on any atom is -0.368 e. The summed E-state index contributed by atoms with van der Waals surface area (Å²) < 4.78 is 1.78. The molecule has 4 rings (SSSR count). The first-order valence-corrected chi connectivity index (χ1v) is 7.22. The van der Waals surface area contributed by atoms with Crippen LogP contribution in [0.25, 0.3) is 28.3 Å². The van der Waals surface area contributed by atoms with Crippen LogP contribution in [0.5, 0.6) is 0 Å². The second kappa shape index (κ2) is 5.17. The van der Waals surface area contributed by atoms with Crippen molar-refractivity contribution in [3.8, 4) is 22.6 Å². The summed E-state index contributed by atoms with van der Waals surface area (Å²) in [5.41, 5.74) is 11.0. The Kier molecular flexibility index (Phi) is 3.01. The van der Waals surface area contributed by atoms with E-state index in [1.54, 1.807) is 16.9 Å². The molecule has 3 heterocycles. The van der Waals surface area contributed by atoms with Crippen LogP contribution < -0.4 is 5.73 Å². The lowest BCUT2D eigenvalue weighted by Crippen LogP contribution is -1.99. The van der Waals surface area contributed by atoms with Crippen LogP contribution in [0.3, 0.4) is 0 Å². The molecule has 0 unspecified atom stereocenters. The zero-order valence-corrected chi connectivity index (χ0v) is 12.5. The summed E-state index contributed by atoms with van der Waals surface area (Å²) in [6, 6.07) is 13.8. The Balaban J connectivity index is 2.06. The van der Waals surface area contributed by atoms with Gasteiger partial charge in [0, 0.05) is 18.0 Å². The smallest absolute Gasteiger partial charge is 0.220 e. The summed E-state index contributed by atoms with van der Waals surface area (Å²) in [5, 5.41) is 4.41. The SMILES string of the molecule is Cc1cccc(-c2nc3cccnn3c2-c2ccnc(N)n2)c1. The van der Waals surface area contributed by atoms with E-state index >= 15 is 0 Å². The van der Waals surface area contributed by atoms with Gasteiger partial charge in [-0.3, -0.25) is 0 Å². The van der Waals surface area contributed by atoms with Crippen molar-refractivity contribution >= 4 is 11.6 Å². The summed E-state index contributed by atoms with van der Waals surface area (Å²) in [4.78, 5) is 13.0. The van der Waals surface area contributed by atoms with E-state index in [0.717, 1.165) is 22.6 Å². The first-order chi connectivity index (χ1) is 11.2. The highest BCUT2D eigenvalue weighted by molar-refractivity contribution is 5.80. The summed E-state index contributed by atoms with van der Waals surface area (Å²) in [6.45, 7) is 2.06. The molecule has 1 aromatic carbocycles. The van der Waals surface area contributed by atoms with E-state index < -0.39 is 0 Å². The number of rotatable bonds is 2. The maximum atomic E-state index is 5.75. The van der Waals surface area contributed by atoms with Gasteiger partial charge in [-0.1, -0.05) is 23.8 Å². The quantitative estimate of drug-likeness (QED) is 0.615. The van der Waals surface area contributed by atoms with Crippen molar-refractivity contribution in [3.05, 3.63) is 60.4 Å². The minimum atomic E-state index is 0.226. The molecule has 0 atom stereocenters. The monoisotopic (exact) mass is 302 g/mol. The van der Waals surface area contributed by atoms with Gasteiger partial charge in [-0.2, -0.15) is 5.10 Å². The Bertz CT molecular complexity index is 1000. The average molecular weight is 302 g/mol. The number of aryl methyl sites for hydroxylation is 1. The lowest BCUT2D eigenvalue weighted by molar-refractivity contribution is 0.937. The maximum Gasteiger partial charge on any atom is 0.220 e. The first kappa shape index (κ1) is 13.4. The van der Waals surface area contributed by atoms with Gasteiger partial charge in [-0.05, 0) is 31.2 Å². The number of nitrogens with two attached hydrogens (primary N) is 1. The van der Waals surface area contributed by atoms with Crippen molar-refractivity contribution in [2.45, 2.75) is 6.92 Å². The molecule has 6 heteroatoms. The van der Waals surface area contributed by atoms with Gasteiger partial charge in [-0.25, -0.2) is 19.5 Å². The number of anilines is 1. The van der Waals surface area contributed by atoms with Gasteiger partial charge in [0.05, 0.1) is 5.69 Å². The third-order valence-electron chi connectivity index (χ3n) is 3.60. The molecule has 0 fully saturated rings. The lowest BCUT2D eigenvalue weighted by atomic mass is 10.1. The lowest BCUT2D eigenvalue weighted by Gasteiger charge is -2.05. The fourth-order valence-electron chi connectivity index (χ4n) is 2.62. The molecular formula is C17H14N6. The predicted molar refractivity (Wildman–Crippen MR) is 88.6 cm³/mol. The van der Waals surface area contributed by atoms with Crippen LogP contribution in [-0.4, -0.2) is 24.6 Å². The minimum absolute atomic E-state index is 0.226. The van der Waals surface area contributed by atoms with Crippen LogP contribution in [0.2, 0.25) is 0 Å². The van der Waals surface area contributed by atoms with Gasteiger partial charge in [-0.15, -0.1) is 0 Å². The molecule has 23 heavy (non-hydrogen) atoms. The topological polar surface area (TPSA) is 82.0 Å². The largest absolute Gasteiger partial charge is 0.368 e. The van der Waals surface area contributed by atoms with Crippen LogP contribution in [-0.2, 0) is 0 Å². The number of hydrogen-bond donors (Lipinski definition) is 1. The van der Waals surface area contributed by atoms with Gasteiger partial charge in [0.1, 0.15) is 11.4 Å². The zero-order valence-electron chi connectivity index (χ0n) is 12.5. The van der Waals surface area contributed by atoms with E-state index in [4.69, 9.17) is 10.7 Å². The number of benzene rings is 1. The third kappa shape index (κ3) is 2.30. The van der Waals surface area contributed by atoms with E-state index in [1.807, 2.05) is 30.3 Å². The summed E-state index contributed by atoms with van der Waals surface area (Å²) in [6.07, 6.45) is 3.36. The second-order valence-corrected chi connectivity index (χ2v) is 5.27. The van der Waals surface area contributed by atoms with Gasteiger partial charge >= 0.3 is 0 Å². The highest BCUT2D eigenvalue weighted by Gasteiger charge is 2.18. The molecule has 0 aliphatic carbocycles. The van der Waals surface area contributed by atoms with Crippen molar-refractivity contribution < 1.29 is 0 Å². The molecule has 2 N–H and O–H groups in total.